The molecule has 0 aliphatic heterocycles. The van der Waals surface area contributed by atoms with Crippen molar-refractivity contribution in [2.45, 2.75) is 19.3 Å². The van der Waals surface area contributed by atoms with Crippen LogP contribution >= 0.6 is 23.2 Å². The molecule has 148 valence electrons. The maximum absolute atomic E-state index is 6.51. The first-order valence-corrected chi connectivity index (χ1v) is 10.4. The molecule has 0 amide bonds. The molecule has 5 heteroatoms. The van der Waals surface area contributed by atoms with Gasteiger partial charge in [0.25, 0.3) is 0 Å². The quantitative estimate of drug-likeness (QED) is 0.307. The summed E-state index contributed by atoms with van der Waals surface area (Å²) in [6.45, 7) is 0.682. The Hall–Kier alpha value is -2.46. The fraction of sp³-hybridized carbons (Fsp3) is 0.167. The van der Waals surface area contributed by atoms with Gasteiger partial charge in [0, 0.05) is 21.5 Å². The van der Waals surface area contributed by atoms with E-state index < -0.39 is 0 Å². The number of benzene rings is 3. The molecule has 0 aliphatic rings. The summed E-state index contributed by atoms with van der Waals surface area (Å²) in [6, 6.07) is 21.5. The number of aromatic amines is 1. The van der Waals surface area contributed by atoms with Crippen molar-refractivity contribution in [2.75, 3.05) is 6.54 Å². The van der Waals surface area contributed by atoms with Gasteiger partial charge in [-0.1, -0.05) is 41.4 Å². The third-order valence-corrected chi connectivity index (χ3v) is 5.49. The molecular formula is C24H22Cl2N2O. The lowest BCUT2D eigenvalue weighted by Crippen LogP contribution is -1.99. The minimum Gasteiger partial charge on any atom is -0.457 e. The van der Waals surface area contributed by atoms with Crippen LogP contribution < -0.4 is 10.5 Å². The van der Waals surface area contributed by atoms with Gasteiger partial charge in [0.2, 0.25) is 0 Å². The van der Waals surface area contributed by atoms with Crippen molar-refractivity contribution in [3.63, 3.8) is 0 Å². The maximum atomic E-state index is 6.51. The van der Waals surface area contributed by atoms with Crippen molar-refractivity contribution in [1.82, 2.24) is 4.98 Å². The van der Waals surface area contributed by atoms with E-state index in [4.69, 9.17) is 33.7 Å². The monoisotopic (exact) mass is 424 g/mol. The minimum atomic E-state index is 0.623. The van der Waals surface area contributed by atoms with Gasteiger partial charge in [-0.2, -0.15) is 0 Å². The zero-order valence-corrected chi connectivity index (χ0v) is 17.4. The number of aromatic nitrogens is 1. The number of rotatable bonds is 7. The van der Waals surface area contributed by atoms with Gasteiger partial charge in [-0.05, 0) is 79.9 Å². The predicted molar refractivity (Wildman–Crippen MR) is 122 cm³/mol. The fourth-order valence-corrected chi connectivity index (χ4v) is 4.05. The number of fused-ring (bicyclic) bond motifs is 1. The first kappa shape index (κ1) is 19.8. The highest BCUT2D eigenvalue weighted by molar-refractivity contribution is 6.36. The molecule has 4 aromatic rings. The Morgan fingerprint density at radius 1 is 0.862 bits per heavy atom. The molecule has 0 aliphatic carbocycles. The van der Waals surface area contributed by atoms with Crippen LogP contribution in [-0.2, 0) is 6.42 Å². The summed E-state index contributed by atoms with van der Waals surface area (Å²) in [4.78, 5) is 3.54. The van der Waals surface area contributed by atoms with Crippen LogP contribution in [0.15, 0.2) is 66.7 Å². The Bertz CT molecular complexity index is 1120. The average molecular weight is 425 g/mol. The van der Waals surface area contributed by atoms with E-state index in [-0.39, 0.29) is 0 Å². The Kier molecular flexibility index (Phi) is 6.10. The van der Waals surface area contributed by atoms with Gasteiger partial charge in [0.05, 0.1) is 10.7 Å². The molecule has 1 aromatic heterocycles. The highest BCUT2D eigenvalue weighted by atomic mass is 35.5. The second-order valence-electron chi connectivity index (χ2n) is 6.97. The topological polar surface area (TPSA) is 51.0 Å². The highest BCUT2D eigenvalue weighted by Gasteiger charge is 2.16. The molecule has 3 nitrogen and oxygen atoms in total. The molecule has 0 saturated heterocycles. The van der Waals surface area contributed by atoms with Crippen molar-refractivity contribution < 1.29 is 4.74 Å². The Labute approximate surface area is 180 Å². The number of nitrogens with two attached hydrogens (primary N) is 1. The molecule has 0 unspecified atom stereocenters. The maximum Gasteiger partial charge on any atom is 0.128 e. The molecule has 0 atom stereocenters. The molecule has 4 rings (SSSR count). The van der Waals surface area contributed by atoms with Crippen molar-refractivity contribution >= 4 is 34.1 Å². The molecule has 0 spiro atoms. The van der Waals surface area contributed by atoms with E-state index in [2.05, 4.69) is 11.1 Å². The third-order valence-electron chi connectivity index (χ3n) is 4.94. The second-order valence-corrected chi connectivity index (χ2v) is 7.81. The largest absolute Gasteiger partial charge is 0.457 e. The lowest BCUT2D eigenvalue weighted by Gasteiger charge is -2.08. The fourth-order valence-electron chi connectivity index (χ4n) is 3.54. The molecule has 0 bridgehead atoms. The van der Waals surface area contributed by atoms with E-state index in [1.807, 2.05) is 54.6 Å². The number of nitrogens with one attached hydrogen (secondary N) is 1. The van der Waals surface area contributed by atoms with Gasteiger partial charge in [0.15, 0.2) is 0 Å². The highest BCUT2D eigenvalue weighted by Crippen LogP contribution is 2.38. The summed E-state index contributed by atoms with van der Waals surface area (Å²) in [7, 11) is 0. The number of halogens is 2. The zero-order chi connectivity index (χ0) is 20.2. The summed E-state index contributed by atoms with van der Waals surface area (Å²) >= 11 is 12.6. The normalized spacial score (nSPS) is 11.1. The molecule has 0 radical (unpaired) electrons. The van der Waals surface area contributed by atoms with Gasteiger partial charge in [-0.25, -0.2) is 0 Å². The summed E-state index contributed by atoms with van der Waals surface area (Å²) in [6.07, 6.45) is 2.88. The Balaban J connectivity index is 1.79. The second kappa shape index (κ2) is 8.91. The van der Waals surface area contributed by atoms with E-state index in [1.54, 1.807) is 6.07 Å². The van der Waals surface area contributed by atoms with Gasteiger partial charge < -0.3 is 15.5 Å². The first-order valence-electron chi connectivity index (χ1n) is 9.68. The van der Waals surface area contributed by atoms with Gasteiger partial charge in [0.1, 0.15) is 11.5 Å². The standard InChI is InChI=1S/C24H22Cl2N2O/c25-16-9-11-20(22(26)14-16)24-19(8-4-5-13-27)21-15-18(10-12-23(21)28-24)29-17-6-2-1-3-7-17/h1-3,6-7,9-12,14-15,28H,4-5,8,13,27H2. The first-order chi connectivity index (χ1) is 14.2. The van der Waals surface area contributed by atoms with Crippen LogP contribution in [-0.4, -0.2) is 11.5 Å². The zero-order valence-electron chi connectivity index (χ0n) is 15.9. The van der Waals surface area contributed by atoms with Crippen LogP contribution in [0.5, 0.6) is 11.5 Å². The van der Waals surface area contributed by atoms with Crippen LogP contribution in [0.2, 0.25) is 10.0 Å². The summed E-state index contributed by atoms with van der Waals surface area (Å²) in [5.41, 5.74) is 9.95. The lowest BCUT2D eigenvalue weighted by molar-refractivity contribution is 0.483. The van der Waals surface area contributed by atoms with E-state index in [0.717, 1.165) is 52.9 Å². The number of unbranched alkanes of at least 4 members (excludes halogenated alkanes) is 1. The molecule has 3 N–H and O–H groups in total. The van der Waals surface area contributed by atoms with Crippen LogP contribution in [0.4, 0.5) is 0 Å². The van der Waals surface area contributed by atoms with Crippen molar-refractivity contribution in [3.05, 3.63) is 82.3 Å². The number of H-pyrrole nitrogens is 1. The average Bonchev–Trinajstić information content (AvgIpc) is 3.07. The molecule has 0 fully saturated rings. The van der Waals surface area contributed by atoms with Crippen LogP contribution in [0.3, 0.4) is 0 Å². The molecule has 1 heterocycles. The van der Waals surface area contributed by atoms with Gasteiger partial charge in [-0.15, -0.1) is 0 Å². The van der Waals surface area contributed by atoms with E-state index in [1.165, 1.54) is 5.56 Å². The van der Waals surface area contributed by atoms with Gasteiger partial charge in [-0.3, -0.25) is 0 Å². The molecule has 0 saturated carbocycles. The van der Waals surface area contributed by atoms with E-state index >= 15 is 0 Å². The van der Waals surface area contributed by atoms with Crippen LogP contribution in [0.25, 0.3) is 22.2 Å². The Morgan fingerprint density at radius 2 is 1.69 bits per heavy atom. The van der Waals surface area contributed by atoms with E-state index in [9.17, 15) is 0 Å². The summed E-state index contributed by atoms with van der Waals surface area (Å²) in [5, 5.41) is 2.39. The molecule has 3 aromatic carbocycles. The van der Waals surface area contributed by atoms with Crippen LogP contribution in [0.1, 0.15) is 18.4 Å². The number of hydrogen-bond donors (Lipinski definition) is 2. The lowest BCUT2D eigenvalue weighted by atomic mass is 10.00. The minimum absolute atomic E-state index is 0.623. The summed E-state index contributed by atoms with van der Waals surface area (Å²) < 4.78 is 6.04. The summed E-state index contributed by atoms with van der Waals surface area (Å²) in [5.74, 6) is 1.62. The third kappa shape index (κ3) is 4.43. The predicted octanol–water partition coefficient (Wildman–Crippen LogP) is 7.22. The van der Waals surface area contributed by atoms with Crippen molar-refractivity contribution in [2.24, 2.45) is 5.73 Å². The number of aryl methyl sites for hydroxylation is 1. The number of para-hydroxylation sites is 1. The molecular weight excluding hydrogens is 403 g/mol. The number of ether oxygens (including phenoxy) is 1. The SMILES string of the molecule is NCCCCc1c(-c2ccc(Cl)cc2Cl)[nH]c2ccc(Oc3ccccc3)cc12. The van der Waals surface area contributed by atoms with E-state index in [0.29, 0.717) is 16.6 Å². The smallest absolute Gasteiger partial charge is 0.128 e. The van der Waals surface area contributed by atoms with Crippen LogP contribution in [0, 0.1) is 0 Å². The Morgan fingerprint density at radius 3 is 2.45 bits per heavy atom. The van der Waals surface area contributed by atoms with Crippen molar-refractivity contribution in [3.8, 4) is 22.8 Å². The van der Waals surface area contributed by atoms with Crippen molar-refractivity contribution in [1.29, 1.82) is 0 Å². The molecule has 29 heavy (non-hydrogen) atoms. The van der Waals surface area contributed by atoms with Gasteiger partial charge >= 0.3 is 0 Å². The number of hydrogen-bond acceptors (Lipinski definition) is 2.